The fraction of sp³-hybridized carbons (Fsp3) is 0.538. The molecule has 0 radical (unpaired) electrons. The first-order valence-corrected chi connectivity index (χ1v) is 5.80. The molecule has 1 N–H and O–H groups in total. The smallest absolute Gasteiger partial charge is 0.127 e. The van der Waals surface area contributed by atoms with Gasteiger partial charge in [-0.2, -0.15) is 0 Å². The lowest BCUT2D eigenvalue weighted by molar-refractivity contribution is 0.0558. The summed E-state index contributed by atoms with van der Waals surface area (Å²) < 4.78 is 13.4. The van der Waals surface area contributed by atoms with Gasteiger partial charge in [0.25, 0.3) is 0 Å². The Morgan fingerprint density at radius 1 is 1.38 bits per heavy atom. The maximum absolute atomic E-state index is 13.4. The maximum atomic E-state index is 13.4. The highest BCUT2D eigenvalue weighted by molar-refractivity contribution is 6.30. The number of rotatable bonds is 3. The van der Waals surface area contributed by atoms with Crippen LogP contribution in [0.3, 0.4) is 0 Å². The molecular weight excluding hydrogens is 227 g/mol. The summed E-state index contributed by atoms with van der Waals surface area (Å²) in [5, 5.41) is 10.2. The number of aliphatic hydroxyl groups excluding tert-OH is 1. The minimum atomic E-state index is -0.428. The second-order valence-electron chi connectivity index (χ2n) is 5.16. The zero-order valence-corrected chi connectivity index (χ0v) is 10.7. The van der Waals surface area contributed by atoms with Crippen LogP contribution in [0, 0.1) is 11.2 Å². The summed E-state index contributed by atoms with van der Waals surface area (Å²) in [5.74, 6) is -0.298. The highest BCUT2D eigenvalue weighted by Gasteiger charge is 2.21. The highest BCUT2D eigenvalue weighted by Crippen LogP contribution is 2.24. The third-order valence-electron chi connectivity index (χ3n) is 2.70. The van der Waals surface area contributed by atoms with Gasteiger partial charge in [0, 0.05) is 5.02 Å². The molecule has 0 fully saturated rings. The van der Waals surface area contributed by atoms with Crippen LogP contribution in [0.1, 0.15) is 32.8 Å². The molecule has 1 nitrogen and oxygen atoms in total. The molecule has 3 heteroatoms. The zero-order valence-electron chi connectivity index (χ0n) is 9.93. The summed E-state index contributed by atoms with van der Waals surface area (Å²) in [7, 11) is 0. The van der Waals surface area contributed by atoms with Gasteiger partial charge in [0.15, 0.2) is 0 Å². The number of hydrogen-bond donors (Lipinski definition) is 1. The summed E-state index contributed by atoms with van der Waals surface area (Å²) in [4.78, 5) is 0. The van der Waals surface area contributed by atoms with Gasteiger partial charge < -0.3 is 5.11 Å². The molecule has 1 aromatic rings. The van der Waals surface area contributed by atoms with E-state index in [9.17, 15) is 9.50 Å². The Bertz CT molecular complexity index is 357. The van der Waals surface area contributed by atoms with E-state index < -0.39 is 6.10 Å². The van der Waals surface area contributed by atoms with E-state index in [1.165, 1.54) is 6.07 Å². The topological polar surface area (TPSA) is 20.2 Å². The van der Waals surface area contributed by atoms with Gasteiger partial charge in [-0.05, 0) is 36.0 Å². The molecular formula is C13H18ClFO. The summed E-state index contributed by atoms with van der Waals surface area (Å²) in [5.41, 5.74) is 0.441. The molecule has 1 atom stereocenters. The summed E-state index contributed by atoms with van der Waals surface area (Å²) in [6, 6.07) is 4.65. The first-order chi connectivity index (χ1) is 7.30. The van der Waals surface area contributed by atoms with Gasteiger partial charge in [0.2, 0.25) is 0 Å². The summed E-state index contributed by atoms with van der Waals surface area (Å²) >= 11 is 5.66. The quantitative estimate of drug-likeness (QED) is 0.857. The molecule has 0 aliphatic carbocycles. The van der Waals surface area contributed by atoms with Crippen molar-refractivity contribution in [2.45, 2.75) is 39.7 Å². The number of aliphatic hydroxyl groups is 1. The maximum Gasteiger partial charge on any atom is 0.127 e. The number of hydrogen-bond acceptors (Lipinski definition) is 1. The van der Waals surface area contributed by atoms with E-state index in [0.29, 0.717) is 23.4 Å². The Morgan fingerprint density at radius 3 is 2.50 bits per heavy atom. The second-order valence-corrected chi connectivity index (χ2v) is 5.59. The largest absolute Gasteiger partial charge is 0.393 e. The molecule has 0 aromatic heterocycles. The zero-order chi connectivity index (χ0) is 12.3. The molecule has 0 saturated heterocycles. The molecule has 0 amide bonds. The van der Waals surface area contributed by atoms with Crippen LogP contribution >= 0.6 is 11.6 Å². The van der Waals surface area contributed by atoms with Crippen LogP contribution in [0.2, 0.25) is 5.02 Å². The molecule has 0 spiro atoms. The molecule has 1 rings (SSSR count). The Balaban J connectivity index is 2.62. The molecule has 0 aliphatic rings. The van der Waals surface area contributed by atoms with Crippen LogP contribution in [0.25, 0.3) is 0 Å². The average molecular weight is 245 g/mol. The van der Waals surface area contributed by atoms with Crippen LogP contribution < -0.4 is 0 Å². The minimum absolute atomic E-state index is 0.164. The SMILES string of the molecule is CC(C)(C)C(O)CCc1ccc(Cl)cc1F. The number of aryl methyl sites for hydroxylation is 1. The van der Waals surface area contributed by atoms with Gasteiger partial charge in [-0.1, -0.05) is 38.4 Å². The van der Waals surface area contributed by atoms with Crippen molar-refractivity contribution >= 4 is 11.6 Å². The van der Waals surface area contributed by atoms with E-state index in [-0.39, 0.29) is 11.2 Å². The van der Waals surface area contributed by atoms with Crippen molar-refractivity contribution in [1.82, 2.24) is 0 Å². The van der Waals surface area contributed by atoms with Crippen molar-refractivity contribution in [3.8, 4) is 0 Å². The van der Waals surface area contributed by atoms with Crippen molar-refractivity contribution < 1.29 is 9.50 Å². The lowest BCUT2D eigenvalue weighted by Crippen LogP contribution is -2.26. The van der Waals surface area contributed by atoms with Crippen molar-refractivity contribution in [1.29, 1.82) is 0 Å². The lowest BCUT2D eigenvalue weighted by atomic mass is 9.86. The highest BCUT2D eigenvalue weighted by atomic mass is 35.5. The van der Waals surface area contributed by atoms with E-state index in [1.807, 2.05) is 20.8 Å². The molecule has 1 aromatic carbocycles. The van der Waals surface area contributed by atoms with Gasteiger partial charge in [0.05, 0.1) is 6.10 Å². The predicted octanol–water partition coefficient (Wildman–Crippen LogP) is 3.82. The van der Waals surface area contributed by atoms with Crippen molar-refractivity contribution in [3.63, 3.8) is 0 Å². The Hall–Kier alpha value is -0.600. The first-order valence-electron chi connectivity index (χ1n) is 5.42. The second kappa shape index (κ2) is 5.15. The number of halogens is 2. The van der Waals surface area contributed by atoms with Gasteiger partial charge in [0.1, 0.15) is 5.82 Å². The van der Waals surface area contributed by atoms with E-state index in [0.717, 1.165) is 0 Å². The van der Waals surface area contributed by atoms with Crippen LogP contribution in [0.15, 0.2) is 18.2 Å². The Labute approximate surface area is 101 Å². The molecule has 1 unspecified atom stereocenters. The van der Waals surface area contributed by atoms with E-state index >= 15 is 0 Å². The molecule has 16 heavy (non-hydrogen) atoms. The first kappa shape index (κ1) is 13.5. The number of benzene rings is 1. The molecule has 0 aliphatic heterocycles. The third kappa shape index (κ3) is 3.76. The van der Waals surface area contributed by atoms with E-state index in [2.05, 4.69) is 0 Å². The van der Waals surface area contributed by atoms with E-state index in [4.69, 9.17) is 11.6 Å². The average Bonchev–Trinajstić information content (AvgIpc) is 2.14. The van der Waals surface area contributed by atoms with Crippen LogP contribution in [-0.4, -0.2) is 11.2 Å². The van der Waals surface area contributed by atoms with Gasteiger partial charge in [-0.25, -0.2) is 4.39 Å². The summed E-state index contributed by atoms with van der Waals surface area (Å²) in [6.07, 6.45) is 0.659. The fourth-order valence-corrected chi connectivity index (χ4v) is 1.61. The Morgan fingerprint density at radius 2 is 2.00 bits per heavy atom. The van der Waals surface area contributed by atoms with Crippen LogP contribution in [-0.2, 0) is 6.42 Å². The van der Waals surface area contributed by atoms with E-state index in [1.54, 1.807) is 12.1 Å². The molecule has 0 bridgehead atoms. The van der Waals surface area contributed by atoms with Crippen molar-refractivity contribution in [2.24, 2.45) is 5.41 Å². The van der Waals surface area contributed by atoms with Crippen molar-refractivity contribution in [2.75, 3.05) is 0 Å². The molecule has 0 saturated carbocycles. The minimum Gasteiger partial charge on any atom is -0.393 e. The monoisotopic (exact) mass is 244 g/mol. The third-order valence-corrected chi connectivity index (χ3v) is 2.94. The molecule has 0 heterocycles. The normalized spacial score (nSPS) is 13.9. The van der Waals surface area contributed by atoms with Crippen LogP contribution in [0.5, 0.6) is 0 Å². The van der Waals surface area contributed by atoms with Gasteiger partial charge in [-0.15, -0.1) is 0 Å². The van der Waals surface area contributed by atoms with Gasteiger partial charge >= 0.3 is 0 Å². The predicted molar refractivity (Wildman–Crippen MR) is 65.2 cm³/mol. The Kier molecular flexibility index (Phi) is 4.34. The molecule has 90 valence electrons. The fourth-order valence-electron chi connectivity index (χ4n) is 1.45. The van der Waals surface area contributed by atoms with Crippen LogP contribution in [0.4, 0.5) is 4.39 Å². The van der Waals surface area contributed by atoms with Gasteiger partial charge in [-0.3, -0.25) is 0 Å². The lowest BCUT2D eigenvalue weighted by Gasteiger charge is -2.25. The standard InChI is InChI=1S/C13H18ClFO/c1-13(2,3)12(16)7-5-9-4-6-10(14)8-11(9)15/h4,6,8,12,16H,5,7H2,1-3H3. The summed E-state index contributed by atoms with van der Waals surface area (Å²) in [6.45, 7) is 5.90. The van der Waals surface area contributed by atoms with Crippen molar-refractivity contribution in [3.05, 3.63) is 34.6 Å².